The Labute approximate surface area is 110 Å². The summed E-state index contributed by atoms with van der Waals surface area (Å²) >= 11 is 0. The van der Waals surface area contributed by atoms with Crippen molar-refractivity contribution >= 4 is 11.4 Å². The Kier molecular flexibility index (Phi) is 4.31. The van der Waals surface area contributed by atoms with Crippen LogP contribution in [0.15, 0.2) is 18.2 Å². The predicted molar refractivity (Wildman–Crippen MR) is 69.7 cm³/mol. The summed E-state index contributed by atoms with van der Waals surface area (Å²) in [6, 6.07) is 3.77. The highest BCUT2D eigenvalue weighted by molar-refractivity contribution is 5.52. The highest BCUT2D eigenvalue weighted by Gasteiger charge is 2.22. The van der Waals surface area contributed by atoms with Crippen molar-refractivity contribution in [3.63, 3.8) is 0 Å². The van der Waals surface area contributed by atoms with Crippen LogP contribution < -0.4 is 4.90 Å². The maximum Gasteiger partial charge on any atom is 0.272 e. The number of aliphatic hydroxyl groups excluding tert-OH is 1. The molecule has 1 saturated heterocycles. The Bertz CT molecular complexity index is 459. The second-order valence-electron chi connectivity index (χ2n) is 4.84. The number of aliphatic hydroxyl groups is 1. The van der Waals surface area contributed by atoms with E-state index in [4.69, 9.17) is 5.11 Å². The smallest absolute Gasteiger partial charge is 0.272 e. The van der Waals surface area contributed by atoms with Crippen LogP contribution in [0, 0.1) is 21.8 Å². The van der Waals surface area contributed by atoms with Crippen LogP contribution >= 0.6 is 0 Å². The zero-order valence-electron chi connectivity index (χ0n) is 10.6. The molecule has 0 atom stereocenters. The number of piperidine rings is 1. The molecule has 1 aromatic rings. The van der Waals surface area contributed by atoms with Crippen LogP contribution in [-0.4, -0.2) is 29.7 Å². The third-order valence-electron chi connectivity index (χ3n) is 3.63. The molecule has 6 heteroatoms. The summed E-state index contributed by atoms with van der Waals surface area (Å²) in [5.41, 5.74) is 0.199. The molecule has 1 aliphatic rings. The molecule has 1 N–H and O–H groups in total. The molecule has 19 heavy (non-hydrogen) atoms. The van der Waals surface area contributed by atoms with E-state index in [1.165, 1.54) is 12.1 Å². The number of nitrogens with zero attached hydrogens (tertiary/aromatic N) is 2. The maximum atomic E-state index is 13.9. The molecule has 0 radical (unpaired) electrons. The number of anilines is 1. The number of hydrogen-bond acceptors (Lipinski definition) is 4. The largest absolute Gasteiger partial charge is 0.396 e. The number of nitro benzene ring substituents is 1. The van der Waals surface area contributed by atoms with Gasteiger partial charge in [0.1, 0.15) is 0 Å². The van der Waals surface area contributed by atoms with E-state index in [1.54, 1.807) is 0 Å². The van der Waals surface area contributed by atoms with Crippen LogP contribution in [0.25, 0.3) is 0 Å². The van der Waals surface area contributed by atoms with Crippen molar-refractivity contribution in [3.8, 4) is 0 Å². The van der Waals surface area contributed by atoms with Crippen molar-refractivity contribution in [1.82, 2.24) is 0 Å². The lowest BCUT2D eigenvalue weighted by Crippen LogP contribution is -2.34. The van der Waals surface area contributed by atoms with Crippen molar-refractivity contribution in [1.29, 1.82) is 0 Å². The topological polar surface area (TPSA) is 66.6 Å². The Morgan fingerprint density at radius 3 is 2.63 bits per heavy atom. The predicted octanol–water partition coefficient (Wildman–Crippen LogP) is 2.33. The molecule has 0 spiro atoms. The lowest BCUT2D eigenvalue weighted by atomic mass is 9.93. The highest BCUT2D eigenvalue weighted by atomic mass is 19.1. The van der Waals surface area contributed by atoms with Crippen LogP contribution in [0.4, 0.5) is 15.8 Å². The second kappa shape index (κ2) is 5.97. The summed E-state index contributed by atoms with van der Waals surface area (Å²) < 4.78 is 13.9. The molecule has 104 valence electrons. The summed E-state index contributed by atoms with van der Waals surface area (Å²) in [6.45, 7) is 1.63. The molecule has 2 rings (SSSR count). The number of halogens is 1. The van der Waals surface area contributed by atoms with Crippen molar-refractivity contribution in [3.05, 3.63) is 34.1 Å². The van der Waals surface area contributed by atoms with Gasteiger partial charge in [-0.2, -0.15) is 0 Å². The van der Waals surface area contributed by atoms with Gasteiger partial charge in [0.05, 0.1) is 16.7 Å². The molecule has 1 heterocycles. The first-order chi connectivity index (χ1) is 9.11. The van der Waals surface area contributed by atoms with E-state index in [0.29, 0.717) is 11.6 Å². The highest BCUT2D eigenvalue weighted by Crippen LogP contribution is 2.28. The number of non-ortho nitro benzene ring substituents is 1. The zero-order valence-corrected chi connectivity index (χ0v) is 10.6. The average Bonchev–Trinajstić information content (AvgIpc) is 2.40. The summed E-state index contributed by atoms with van der Waals surface area (Å²) in [5, 5.41) is 19.4. The molecule has 0 aromatic heterocycles. The molecule has 0 saturated carbocycles. The quantitative estimate of drug-likeness (QED) is 0.672. The van der Waals surface area contributed by atoms with Gasteiger partial charge in [-0.05, 0) is 31.2 Å². The fourth-order valence-corrected chi connectivity index (χ4v) is 2.51. The molecule has 0 unspecified atom stereocenters. The van der Waals surface area contributed by atoms with Crippen LogP contribution in [0.1, 0.15) is 19.3 Å². The maximum absolute atomic E-state index is 13.9. The molecule has 1 aliphatic heterocycles. The molecular weight excluding hydrogens is 251 g/mol. The standard InChI is InChI=1S/C13H17FN2O3/c14-12-9-11(16(18)19)1-2-13(12)15-6-3-10(4-7-15)5-8-17/h1-2,9-10,17H,3-8H2. The van der Waals surface area contributed by atoms with E-state index in [2.05, 4.69) is 0 Å². The number of rotatable bonds is 4. The van der Waals surface area contributed by atoms with Gasteiger partial charge in [-0.25, -0.2) is 4.39 Å². The molecular formula is C13H17FN2O3. The van der Waals surface area contributed by atoms with E-state index in [9.17, 15) is 14.5 Å². The lowest BCUT2D eigenvalue weighted by Gasteiger charge is -2.33. The van der Waals surface area contributed by atoms with Crippen molar-refractivity contribution < 1.29 is 14.4 Å². The van der Waals surface area contributed by atoms with E-state index >= 15 is 0 Å². The minimum atomic E-state index is -0.597. The van der Waals surface area contributed by atoms with Crippen molar-refractivity contribution in [2.75, 3.05) is 24.6 Å². The number of hydrogen-bond donors (Lipinski definition) is 1. The Hall–Kier alpha value is -1.69. The molecule has 1 aromatic carbocycles. The van der Waals surface area contributed by atoms with Gasteiger partial charge >= 0.3 is 0 Å². The van der Waals surface area contributed by atoms with Gasteiger partial charge in [0.2, 0.25) is 0 Å². The minimum absolute atomic E-state index is 0.191. The SMILES string of the molecule is O=[N+]([O-])c1ccc(N2CCC(CCO)CC2)c(F)c1. The van der Waals surface area contributed by atoms with Gasteiger partial charge < -0.3 is 10.0 Å². The summed E-state index contributed by atoms with van der Waals surface area (Å²) in [4.78, 5) is 11.9. The lowest BCUT2D eigenvalue weighted by molar-refractivity contribution is -0.385. The minimum Gasteiger partial charge on any atom is -0.396 e. The Morgan fingerprint density at radius 2 is 2.11 bits per heavy atom. The van der Waals surface area contributed by atoms with Gasteiger partial charge in [-0.15, -0.1) is 0 Å². The number of nitro groups is 1. The summed E-state index contributed by atoms with van der Waals surface area (Å²) in [5.74, 6) is -0.0582. The molecule has 1 fully saturated rings. The van der Waals surface area contributed by atoms with Crippen LogP contribution in [-0.2, 0) is 0 Å². The van der Waals surface area contributed by atoms with Crippen molar-refractivity contribution in [2.24, 2.45) is 5.92 Å². The normalized spacial score (nSPS) is 16.6. The summed E-state index contributed by atoms with van der Waals surface area (Å²) in [6.07, 6.45) is 2.62. The third kappa shape index (κ3) is 3.20. The van der Waals surface area contributed by atoms with Crippen LogP contribution in [0.5, 0.6) is 0 Å². The second-order valence-corrected chi connectivity index (χ2v) is 4.84. The molecule has 5 nitrogen and oxygen atoms in total. The van der Waals surface area contributed by atoms with E-state index in [-0.39, 0.29) is 12.3 Å². The average molecular weight is 268 g/mol. The Balaban J connectivity index is 2.05. The van der Waals surface area contributed by atoms with E-state index in [0.717, 1.165) is 38.4 Å². The van der Waals surface area contributed by atoms with E-state index in [1.807, 2.05) is 4.90 Å². The third-order valence-corrected chi connectivity index (χ3v) is 3.63. The number of benzene rings is 1. The zero-order chi connectivity index (χ0) is 13.8. The fourth-order valence-electron chi connectivity index (χ4n) is 2.51. The van der Waals surface area contributed by atoms with E-state index < -0.39 is 10.7 Å². The summed E-state index contributed by atoms with van der Waals surface area (Å²) in [7, 11) is 0. The first kappa shape index (κ1) is 13.7. The van der Waals surface area contributed by atoms with Crippen LogP contribution in [0.3, 0.4) is 0 Å². The molecule has 0 aliphatic carbocycles. The molecule has 0 bridgehead atoms. The van der Waals surface area contributed by atoms with Gasteiger partial charge in [0, 0.05) is 25.8 Å². The first-order valence-corrected chi connectivity index (χ1v) is 6.41. The van der Waals surface area contributed by atoms with Crippen molar-refractivity contribution in [2.45, 2.75) is 19.3 Å². The van der Waals surface area contributed by atoms with Crippen LogP contribution in [0.2, 0.25) is 0 Å². The van der Waals surface area contributed by atoms with Gasteiger partial charge in [-0.1, -0.05) is 0 Å². The Morgan fingerprint density at radius 1 is 1.42 bits per heavy atom. The van der Waals surface area contributed by atoms with Gasteiger partial charge in [0.25, 0.3) is 5.69 Å². The monoisotopic (exact) mass is 268 g/mol. The first-order valence-electron chi connectivity index (χ1n) is 6.41. The fraction of sp³-hybridized carbons (Fsp3) is 0.538. The van der Waals surface area contributed by atoms with Gasteiger partial charge in [0.15, 0.2) is 5.82 Å². The van der Waals surface area contributed by atoms with Gasteiger partial charge in [-0.3, -0.25) is 10.1 Å². The molecule has 0 amide bonds.